The van der Waals surface area contributed by atoms with Gasteiger partial charge in [0.15, 0.2) is 5.69 Å². The summed E-state index contributed by atoms with van der Waals surface area (Å²) in [5, 5.41) is 7.85. The molecular weight excluding hydrogens is 281 g/mol. The van der Waals surface area contributed by atoms with Crippen molar-refractivity contribution in [3.05, 3.63) is 39.6 Å². The molecule has 18 heavy (non-hydrogen) atoms. The summed E-state index contributed by atoms with van der Waals surface area (Å²) in [6.07, 6.45) is 0. The Balaban J connectivity index is 2.30. The third-order valence-electron chi connectivity index (χ3n) is 2.39. The summed E-state index contributed by atoms with van der Waals surface area (Å²) in [5.74, 6) is -1.65. The molecule has 3 rings (SSSR count). The van der Waals surface area contributed by atoms with Crippen molar-refractivity contribution in [1.82, 2.24) is 15.0 Å². The van der Waals surface area contributed by atoms with Crippen molar-refractivity contribution in [2.24, 2.45) is 0 Å². The number of esters is 2. The largest absolute Gasteiger partial charge is 0.383 e. The van der Waals surface area contributed by atoms with Gasteiger partial charge in [0.05, 0.1) is 10.0 Å². The Morgan fingerprint density at radius 2 is 1.78 bits per heavy atom. The quantitative estimate of drug-likeness (QED) is 0.590. The van der Waals surface area contributed by atoms with Crippen LogP contribution in [0.25, 0.3) is 5.69 Å². The summed E-state index contributed by atoms with van der Waals surface area (Å²) in [6.45, 7) is 0. The van der Waals surface area contributed by atoms with Gasteiger partial charge in [0.2, 0.25) is 5.69 Å². The minimum atomic E-state index is -0.829. The smallest absolute Gasteiger partial charge is 0.369 e. The second kappa shape index (κ2) is 3.79. The maximum Gasteiger partial charge on any atom is 0.369 e. The van der Waals surface area contributed by atoms with E-state index in [1.54, 1.807) is 18.2 Å². The second-order valence-electron chi connectivity index (χ2n) is 3.45. The van der Waals surface area contributed by atoms with Gasteiger partial charge in [0.25, 0.3) is 0 Å². The van der Waals surface area contributed by atoms with Crippen molar-refractivity contribution >= 4 is 35.1 Å². The Bertz CT molecular complexity index is 675. The van der Waals surface area contributed by atoms with E-state index in [9.17, 15) is 9.59 Å². The molecule has 2 aromatic rings. The summed E-state index contributed by atoms with van der Waals surface area (Å²) in [4.78, 5) is 22.8. The standard InChI is InChI=1S/C10H3Cl2N3O3/c11-4-2-1-3-5(12)7(4)15-8-6(13-14-15)9(16)18-10(8)17/h1-3H. The van der Waals surface area contributed by atoms with Gasteiger partial charge in [-0.05, 0) is 12.1 Å². The van der Waals surface area contributed by atoms with Crippen LogP contribution < -0.4 is 0 Å². The SMILES string of the molecule is O=C1OC(=O)c2c1nnn2-c1c(Cl)cccc1Cl. The zero-order chi connectivity index (χ0) is 12.9. The molecule has 90 valence electrons. The molecule has 6 nitrogen and oxygen atoms in total. The number of ether oxygens (including phenoxy) is 1. The first kappa shape index (κ1) is 11.2. The number of rotatable bonds is 1. The number of hydrogen-bond donors (Lipinski definition) is 0. The first-order chi connectivity index (χ1) is 8.59. The Morgan fingerprint density at radius 1 is 1.11 bits per heavy atom. The van der Waals surface area contributed by atoms with Crippen molar-refractivity contribution in [3.8, 4) is 5.69 Å². The van der Waals surface area contributed by atoms with E-state index in [0.29, 0.717) is 0 Å². The predicted molar refractivity (Wildman–Crippen MR) is 61.1 cm³/mol. The topological polar surface area (TPSA) is 74.1 Å². The Labute approximate surface area is 110 Å². The van der Waals surface area contributed by atoms with Gasteiger partial charge in [0, 0.05) is 0 Å². The molecule has 0 spiro atoms. The number of carbonyl (C=O) groups excluding carboxylic acids is 2. The van der Waals surface area contributed by atoms with Crippen LogP contribution in [-0.4, -0.2) is 26.9 Å². The fourth-order valence-corrected chi connectivity index (χ4v) is 2.19. The van der Waals surface area contributed by atoms with Gasteiger partial charge in [-0.3, -0.25) is 0 Å². The molecule has 0 atom stereocenters. The molecule has 1 aliphatic rings. The van der Waals surface area contributed by atoms with Crippen molar-refractivity contribution in [1.29, 1.82) is 0 Å². The molecule has 0 saturated carbocycles. The van der Waals surface area contributed by atoms with E-state index in [4.69, 9.17) is 23.2 Å². The third kappa shape index (κ3) is 1.43. The summed E-state index contributed by atoms with van der Waals surface area (Å²) in [5.41, 5.74) is 0.0622. The molecule has 0 aliphatic carbocycles. The van der Waals surface area contributed by atoms with E-state index in [2.05, 4.69) is 15.0 Å². The fourth-order valence-electron chi connectivity index (χ4n) is 1.63. The molecular formula is C10H3Cl2N3O3. The highest BCUT2D eigenvalue weighted by Gasteiger charge is 2.37. The Morgan fingerprint density at radius 3 is 2.44 bits per heavy atom. The van der Waals surface area contributed by atoms with E-state index >= 15 is 0 Å². The minimum Gasteiger partial charge on any atom is -0.383 e. The highest BCUT2D eigenvalue weighted by atomic mass is 35.5. The van der Waals surface area contributed by atoms with Crippen LogP contribution in [0, 0.1) is 0 Å². The first-order valence-electron chi connectivity index (χ1n) is 4.76. The van der Waals surface area contributed by atoms with Gasteiger partial charge in [0.1, 0.15) is 5.69 Å². The molecule has 1 aliphatic heterocycles. The fraction of sp³-hybridized carbons (Fsp3) is 0. The number of halogens is 2. The lowest BCUT2D eigenvalue weighted by atomic mass is 10.3. The number of cyclic esters (lactones) is 2. The molecule has 0 saturated heterocycles. The third-order valence-corrected chi connectivity index (χ3v) is 3.00. The van der Waals surface area contributed by atoms with Gasteiger partial charge in [-0.15, -0.1) is 5.10 Å². The lowest BCUT2D eigenvalue weighted by Gasteiger charge is -2.06. The van der Waals surface area contributed by atoms with Crippen molar-refractivity contribution in [3.63, 3.8) is 0 Å². The van der Waals surface area contributed by atoms with Crippen molar-refractivity contribution in [2.45, 2.75) is 0 Å². The highest BCUT2D eigenvalue weighted by molar-refractivity contribution is 6.37. The van der Waals surface area contributed by atoms with Gasteiger partial charge < -0.3 is 4.74 Å². The van der Waals surface area contributed by atoms with Crippen LogP contribution in [0.2, 0.25) is 10.0 Å². The average Bonchev–Trinajstić information content (AvgIpc) is 2.83. The molecule has 0 radical (unpaired) electrons. The molecule has 2 heterocycles. The van der Waals surface area contributed by atoms with Crippen LogP contribution in [0.3, 0.4) is 0 Å². The molecule has 1 aromatic carbocycles. The monoisotopic (exact) mass is 283 g/mol. The van der Waals surface area contributed by atoms with E-state index < -0.39 is 11.9 Å². The molecule has 0 bridgehead atoms. The van der Waals surface area contributed by atoms with Crippen LogP contribution in [-0.2, 0) is 4.74 Å². The Hall–Kier alpha value is -1.92. The average molecular weight is 284 g/mol. The van der Waals surface area contributed by atoms with Crippen LogP contribution in [0.4, 0.5) is 0 Å². The van der Waals surface area contributed by atoms with Gasteiger partial charge in [-0.1, -0.05) is 34.5 Å². The first-order valence-corrected chi connectivity index (χ1v) is 5.52. The number of hydrogen-bond acceptors (Lipinski definition) is 5. The highest BCUT2D eigenvalue weighted by Crippen LogP contribution is 2.30. The summed E-state index contributed by atoms with van der Waals surface area (Å²) in [6, 6.07) is 4.81. The summed E-state index contributed by atoms with van der Waals surface area (Å²) in [7, 11) is 0. The lowest BCUT2D eigenvalue weighted by Crippen LogP contribution is -2.09. The van der Waals surface area contributed by atoms with Crippen LogP contribution in [0.5, 0.6) is 0 Å². The Kier molecular flexibility index (Phi) is 2.36. The van der Waals surface area contributed by atoms with Gasteiger partial charge in [-0.25, -0.2) is 14.3 Å². The van der Waals surface area contributed by atoms with E-state index in [0.717, 1.165) is 4.68 Å². The maximum atomic E-state index is 11.5. The van der Waals surface area contributed by atoms with E-state index in [-0.39, 0.29) is 27.1 Å². The molecule has 0 fully saturated rings. The molecule has 1 aromatic heterocycles. The number of para-hydroxylation sites is 1. The number of carbonyl (C=O) groups is 2. The predicted octanol–water partition coefficient (Wildman–Crippen LogP) is 1.88. The van der Waals surface area contributed by atoms with Crippen molar-refractivity contribution < 1.29 is 14.3 Å². The van der Waals surface area contributed by atoms with Crippen LogP contribution in [0.1, 0.15) is 21.0 Å². The normalized spacial score (nSPS) is 13.7. The zero-order valence-corrected chi connectivity index (χ0v) is 10.1. The molecule has 8 heteroatoms. The summed E-state index contributed by atoms with van der Waals surface area (Å²) < 4.78 is 5.53. The van der Waals surface area contributed by atoms with Crippen LogP contribution in [0.15, 0.2) is 18.2 Å². The lowest BCUT2D eigenvalue weighted by molar-refractivity contribution is 0.0434. The van der Waals surface area contributed by atoms with E-state index in [1.807, 2.05) is 0 Å². The molecule has 0 amide bonds. The number of nitrogens with zero attached hydrogens (tertiary/aromatic N) is 3. The minimum absolute atomic E-state index is 0.0741. The number of aromatic nitrogens is 3. The number of benzene rings is 1. The summed E-state index contributed by atoms with van der Waals surface area (Å²) >= 11 is 12.0. The zero-order valence-electron chi connectivity index (χ0n) is 8.55. The van der Waals surface area contributed by atoms with Crippen LogP contribution >= 0.6 is 23.2 Å². The molecule has 0 unspecified atom stereocenters. The van der Waals surface area contributed by atoms with Gasteiger partial charge >= 0.3 is 11.9 Å². The van der Waals surface area contributed by atoms with Gasteiger partial charge in [-0.2, -0.15) is 0 Å². The van der Waals surface area contributed by atoms with Crippen molar-refractivity contribution in [2.75, 3.05) is 0 Å². The molecule has 0 N–H and O–H groups in total. The van der Waals surface area contributed by atoms with E-state index in [1.165, 1.54) is 0 Å². The number of fused-ring (bicyclic) bond motifs is 1. The maximum absolute atomic E-state index is 11.5. The second-order valence-corrected chi connectivity index (χ2v) is 4.26.